The van der Waals surface area contributed by atoms with Gasteiger partial charge in [0.25, 0.3) is 0 Å². The number of nitrogens with zero attached hydrogens (tertiary/aromatic N) is 2. The molecule has 0 radical (unpaired) electrons. The molecule has 2 aliphatic rings. The number of ether oxygens (including phenoxy) is 2. The average molecular weight is 403 g/mol. The lowest BCUT2D eigenvalue weighted by molar-refractivity contribution is 0.166. The molecule has 2 unspecified atom stereocenters. The zero-order chi connectivity index (χ0) is 20.5. The maximum absolute atomic E-state index is 6.15. The van der Waals surface area contributed by atoms with Crippen molar-refractivity contribution in [2.45, 2.75) is 39.7 Å². The molecule has 0 amide bonds. The standard InChI is InChI=1S/C23H38N4O2/c1-18-6-7-21(22(13-18)29-17-20-8-12-28-16-20)14-26-23(24-3)25-9-11-27-10-4-5-19(2)15-27/h6-7,13,19-20H,4-5,8-12,14-17H2,1-3H3,(H2,24,25,26). The van der Waals surface area contributed by atoms with Crippen molar-refractivity contribution in [2.24, 2.45) is 16.8 Å². The van der Waals surface area contributed by atoms with Gasteiger partial charge in [-0.2, -0.15) is 0 Å². The SMILES string of the molecule is CN=C(NCCN1CCCC(C)C1)NCc1ccc(C)cc1OCC1CCOC1. The molecule has 6 heteroatoms. The lowest BCUT2D eigenvalue weighted by Gasteiger charge is -2.30. The van der Waals surface area contributed by atoms with E-state index in [2.05, 4.69) is 52.6 Å². The molecule has 2 atom stereocenters. The van der Waals surface area contributed by atoms with Gasteiger partial charge in [-0.05, 0) is 50.3 Å². The van der Waals surface area contributed by atoms with Crippen LogP contribution in [0.25, 0.3) is 0 Å². The van der Waals surface area contributed by atoms with E-state index in [1.54, 1.807) is 0 Å². The summed E-state index contributed by atoms with van der Waals surface area (Å²) in [6, 6.07) is 6.40. The largest absolute Gasteiger partial charge is 0.493 e. The molecule has 2 saturated heterocycles. The Morgan fingerprint density at radius 3 is 2.97 bits per heavy atom. The molecule has 1 aromatic rings. The first-order valence-corrected chi connectivity index (χ1v) is 11.1. The molecule has 3 rings (SSSR count). The van der Waals surface area contributed by atoms with Crippen LogP contribution in [-0.4, -0.2) is 63.9 Å². The average Bonchev–Trinajstić information content (AvgIpc) is 3.23. The summed E-state index contributed by atoms with van der Waals surface area (Å²) in [4.78, 5) is 6.92. The Hall–Kier alpha value is -1.79. The van der Waals surface area contributed by atoms with Crippen molar-refractivity contribution in [3.63, 3.8) is 0 Å². The molecule has 2 aliphatic heterocycles. The van der Waals surface area contributed by atoms with Crippen molar-refractivity contribution in [3.05, 3.63) is 29.3 Å². The molecule has 2 heterocycles. The number of rotatable bonds is 8. The van der Waals surface area contributed by atoms with Crippen LogP contribution in [-0.2, 0) is 11.3 Å². The first-order chi connectivity index (χ1) is 14.1. The van der Waals surface area contributed by atoms with Crippen molar-refractivity contribution in [2.75, 3.05) is 53.0 Å². The number of hydrogen-bond acceptors (Lipinski definition) is 4. The van der Waals surface area contributed by atoms with Gasteiger partial charge in [-0.25, -0.2) is 0 Å². The van der Waals surface area contributed by atoms with Crippen LogP contribution in [0.5, 0.6) is 5.75 Å². The van der Waals surface area contributed by atoms with Crippen molar-refractivity contribution in [3.8, 4) is 5.75 Å². The lowest BCUT2D eigenvalue weighted by Crippen LogP contribution is -2.43. The lowest BCUT2D eigenvalue weighted by atomic mass is 10.0. The van der Waals surface area contributed by atoms with E-state index >= 15 is 0 Å². The number of nitrogens with one attached hydrogen (secondary N) is 2. The normalized spacial score (nSPS) is 23.2. The smallest absolute Gasteiger partial charge is 0.191 e. The molecule has 6 nitrogen and oxygen atoms in total. The van der Waals surface area contributed by atoms with Crippen LogP contribution < -0.4 is 15.4 Å². The van der Waals surface area contributed by atoms with Crippen molar-refractivity contribution in [1.29, 1.82) is 0 Å². The van der Waals surface area contributed by atoms with Crippen LogP contribution >= 0.6 is 0 Å². The van der Waals surface area contributed by atoms with Gasteiger partial charge in [0.1, 0.15) is 5.75 Å². The summed E-state index contributed by atoms with van der Waals surface area (Å²) in [6.45, 7) is 11.9. The number of guanidine groups is 1. The van der Waals surface area contributed by atoms with Crippen molar-refractivity contribution < 1.29 is 9.47 Å². The Morgan fingerprint density at radius 1 is 1.31 bits per heavy atom. The topological polar surface area (TPSA) is 58.1 Å². The first-order valence-electron chi connectivity index (χ1n) is 11.1. The molecule has 0 aliphatic carbocycles. The van der Waals surface area contributed by atoms with Gasteiger partial charge in [-0.1, -0.05) is 19.1 Å². The van der Waals surface area contributed by atoms with Crippen LogP contribution in [0.1, 0.15) is 37.3 Å². The van der Waals surface area contributed by atoms with Crippen LogP contribution in [0.2, 0.25) is 0 Å². The summed E-state index contributed by atoms with van der Waals surface area (Å²) < 4.78 is 11.6. The van der Waals surface area contributed by atoms with Crippen LogP contribution in [0, 0.1) is 18.8 Å². The predicted molar refractivity (Wildman–Crippen MR) is 119 cm³/mol. The molecule has 162 valence electrons. The summed E-state index contributed by atoms with van der Waals surface area (Å²) >= 11 is 0. The molecule has 29 heavy (non-hydrogen) atoms. The second-order valence-corrected chi connectivity index (χ2v) is 8.55. The zero-order valence-corrected chi connectivity index (χ0v) is 18.4. The number of aliphatic imine (C=N–C) groups is 1. The summed E-state index contributed by atoms with van der Waals surface area (Å²) in [7, 11) is 1.82. The fourth-order valence-corrected chi connectivity index (χ4v) is 4.09. The Labute approximate surface area is 176 Å². The molecule has 1 aromatic carbocycles. The van der Waals surface area contributed by atoms with E-state index in [1.165, 1.54) is 31.5 Å². The van der Waals surface area contributed by atoms with Crippen LogP contribution in [0.3, 0.4) is 0 Å². The highest BCUT2D eigenvalue weighted by Crippen LogP contribution is 2.22. The van der Waals surface area contributed by atoms with E-state index < -0.39 is 0 Å². The maximum Gasteiger partial charge on any atom is 0.191 e. The molecule has 0 saturated carbocycles. The van der Waals surface area contributed by atoms with Gasteiger partial charge in [0, 0.05) is 51.3 Å². The third-order valence-electron chi connectivity index (χ3n) is 5.85. The molecule has 0 spiro atoms. The quantitative estimate of drug-likeness (QED) is 0.517. The second kappa shape index (κ2) is 11.4. The van der Waals surface area contributed by atoms with Gasteiger partial charge in [-0.15, -0.1) is 0 Å². The monoisotopic (exact) mass is 402 g/mol. The van der Waals surface area contributed by atoms with E-state index in [9.17, 15) is 0 Å². The number of hydrogen-bond donors (Lipinski definition) is 2. The van der Waals surface area contributed by atoms with Crippen LogP contribution in [0.4, 0.5) is 0 Å². The number of piperidine rings is 1. The van der Waals surface area contributed by atoms with Crippen LogP contribution in [0.15, 0.2) is 23.2 Å². The van der Waals surface area contributed by atoms with E-state index in [0.717, 1.165) is 62.5 Å². The Balaban J connectivity index is 1.45. The fraction of sp³-hybridized carbons (Fsp3) is 0.696. The summed E-state index contributed by atoms with van der Waals surface area (Å²) in [5.41, 5.74) is 2.37. The summed E-state index contributed by atoms with van der Waals surface area (Å²) in [6.07, 6.45) is 3.77. The van der Waals surface area contributed by atoms with Gasteiger partial charge in [-0.3, -0.25) is 4.99 Å². The highest BCUT2D eigenvalue weighted by Gasteiger charge is 2.17. The van der Waals surface area contributed by atoms with E-state index in [0.29, 0.717) is 12.5 Å². The minimum atomic E-state index is 0.503. The van der Waals surface area contributed by atoms with E-state index in [1.807, 2.05) is 7.05 Å². The molecule has 0 bridgehead atoms. The van der Waals surface area contributed by atoms with Crippen molar-refractivity contribution >= 4 is 5.96 Å². The maximum atomic E-state index is 6.15. The van der Waals surface area contributed by atoms with E-state index in [-0.39, 0.29) is 0 Å². The molecule has 0 aromatic heterocycles. The number of aryl methyl sites for hydroxylation is 1. The number of likely N-dealkylation sites (tertiary alicyclic amines) is 1. The third-order valence-corrected chi connectivity index (χ3v) is 5.85. The van der Waals surface area contributed by atoms with Gasteiger partial charge < -0.3 is 25.0 Å². The summed E-state index contributed by atoms with van der Waals surface area (Å²) in [5.74, 6) is 3.12. The highest BCUT2D eigenvalue weighted by molar-refractivity contribution is 5.79. The Kier molecular flexibility index (Phi) is 8.62. The fourth-order valence-electron chi connectivity index (χ4n) is 4.09. The molecular formula is C23H38N4O2. The minimum Gasteiger partial charge on any atom is -0.493 e. The van der Waals surface area contributed by atoms with Gasteiger partial charge in [0.15, 0.2) is 5.96 Å². The van der Waals surface area contributed by atoms with Gasteiger partial charge >= 0.3 is 0 Å². The van der Waals surface area contributed by atoms with Gasteiger partial charge in [0.2, 0.25) is 0 Å². The highest BCUT2D eigenvalue weighted by atomic mass is 16.5. The Morgan fingerprint density at radius 2 is 2.21 bits per heavy atom. The number of benzene rings is 1. The third kappa shape index (κ3) is 7.19. The summed E-state index contributed by atoms with van der Waals surface area (Å²) in [5, 5.41) is 6.88. The van der Waals surface area contributed by atoms with E-state index in [4.69, 9.17) is 9.47 Å². The first kappa shape index (κ1) is 21.9. The molecule has 2 fully saturated rings. The van der Waals surface area contributed by atoms with Gasteiger partial charge in [0.05, 0.1) is 13.2 Å². The molecule has 2 N–H and O–H groups in total. The zero-order valence-electron chi connectivity index (χ0n) is 18.4. The molecular weight excluding hydrogens is 364 g/mol. The predicted octanol–water partition coefficient (Wildman–Crippen LogP) is 2.81. The second-order valence-electron chi connectivity index (χ2n) is 8.55. The van der Waals surface area contributed by atoms with Crippen molar-refractivity contribution in [1.82, 2.24) is 15.5 Å². The Bertz CT molecular complexity index is 658. The minimum absolute atomic E-state index is 0.503.